The van der Waals surface area contributed by atoms with Crippen LogP contribution in [0.25, 0.3) is 0 Å². The highest BCUT2D eigenvalue weighted by atomic mass is 35.5. The summed E-state index contributed by atoms with van der Waals surface area (Å²) in [6.07, 6.45) is 1.16. The molecule has 1 N–H and O–H groups in total. The summed E-state index contributed by atoms with van der Waals surface area (Å²) >= 11 is 9.98. The molecule has 2 aromatic rings. The van der Waals surface area contributed by atoms with Gasteiger partial charge in [-0.1, -0.05) is 31.5 Å². The van der Waals surface area contributed by atoms with Crippen LogP contribution < -0.4 is 5.32 Å². The lowest BCUT2D eigenvalue weighted by Gasteiger charge is -2.32. The topological polar surface area (TPSA) is 12.0 Å². The van der Waals surface area contributed by atoms with E-state index in [0.717, 1.165) is 11.4 Å². The highest BCUT2D eigenvalue weighted by Crippen LogP contribution is 2.39. The zero-order valence-corrected chi connectivity index (χ0v) is 14.7. The van der Waals surface area contributed by atoms with Crippen molar-refractivity contribution in [1.82, 2.24) is 5.32 Å². The smallest absolute Gasteiger partial charge is 0.0442 e. The first kappa shape index (κ1) is 15.4. The van der Waals surface area contributed by atoms with Crippen LogP contribution in [-0.4, -0.2) is 5.75 Å². The number of nitrogens with one attached hydrogen (secondary N) is 1. The average Bonchev–Trinajstić information content (AvgIpc) is 2.98. The minimum Gasteiger partial charge on any atom is -0.302 e. The monoisotopic (exact) mass is 337 g/mol. The van der Waals surface area contributed by atoms with E-state index >= 15 is 0 Å². The fraction of sp³-hybridized carbons (Fsp3) is 0.412. The average molecular weight is 338 g/mol. The Morgan fingerprint density at radius 2 is 2.14 bits per heavy atom. The molecule has 0 bridgehead atoms. The fourth-order valence-electron chi connectivity index (χ4n) is 2.83. The number of thiophene rings is 1. The van der Waals surface area contributed by atoms with E-state index in [1.165, 1.54) is 21.1 Å². The lowest BCUT2D eigenvalue weighted by molar-refractivity contribution is 0.358. The van der Waals surface area contributed by atoms with Crippen LogP contribution in [0.2, 0.25) is 5.02 Å². The second-order valence-corrected chi connectivity index (χ2v) is 8.33. The summed E-state index contributed by atoms with van der Waals surface area (Å²) in [5.41, 5.74) is 1.36. The van der Waals surface area contributed by atoms with Crippen molar-refractivity contribution in [3.8, 4) is 0 Å². The molecule has 1 aromatic heterocycles. The van der Waals surface area contributed by atoms with Crippen molar-refractivity contribution in [3.05, 3.63) is 51.2 Å². The molecule has 0 amide bonds. The Balaban J connectivity index is 1.86. The van der Waals surface area contributed by atoms with Gasteiger partial charge in [0.15, 0.2) is 0 Å². The second kappa shape index (κ2) is 6.74. The van der Waals surface area contributed by atoms with Crippen LogP contribution >= 0.6 is 34.7 Å². The zero-order chi connectivity index (χ0) is 14.8. The quantitative estimate of drug-likeness (QED) is 0.742. The number of hydrogen-bond donors (Lipinski definition) is 1. The summed E-state index contributed by atoms with van der Waals surface area (Å²) in [7, 11) is 0. The van der Waals surface area contributed by atoms with Gasteiger partial charge < -0.3 is 5.32 Å². The summed E-state index contributed by atoms with van der Waals surface area (Å²) in [6.45, 7) is 4.57. The number of benzene rings is 1. The van der Waals surface area contributed by atoms with Crippen molar-refractivity contribution < 1.29 is 0 Å². The molecule has 2 unspecified atom stereocenters. The Kier molecular flexibility index (Phi) is 4.95. The molecule has 0 saturated heterocycles. The predicted octanol–water partition coefficient (Wildman–Crippen LogP) is 5.93. The molecule has 0 fully saturated rings. The minimum absolute atomic E-state index is 0.398. The Morgan fingerprint density at radius 1 is 1.29 bits per heavy atom. The fourth-order valence-corrected chi connectivity index (χ4v) is 5.07. The first-order valence-corrected chi connectivity index (χ1v) is 9.61. The Hall–Kier alpha value is -0.480. The van der Waals surface area contributed by atoms with Gasteiger partial charge in [-0.15, -0.1) is 23.1 Å². The molecule has 0 saturated carbocycles. The van der Waals surface area contributed by atoms with E-state index in [1.54, 1.807) is 0 Å². The van der Waals surface area contributed by atoms with Gasteiger partial charge in [0.05, 0.1) is 0 Å². The van der Waals surface area contributed by atoms with Crippen molar-refractivity contribution >= 4 is 34.7 Å². The third kappa shape index (κ3) is 3.48. The Labute approximate surface area is 140 Å². The maximum Gasteiger partial charge on any atom is 0.0442 e. The van der Waals surface area contributed by atoms with Gasteiger partial charge in [-0.3, -0.25) is 0 Å². The number of thioether (sulfide) groups is 1. The summed E-state index contributed by atoms with van der Waals surface area (Å²) in [5, 5.41) is 6.87. The lowest BCUT2D eigenvalue weighted by atomic mass is 9.97. The maximum atomic E-state index is 6.21. The summed E-state index contributed by atoms with van der Waals surface area (Å²) in [5.74, 6) is 1.74. The molecule has 3 rings (SSSR count). The SMILES string of the molecule is CC(C)C(NC1CCSc2ccc(Cl)cc21)c1cccs1. The van der Waals surface area contributed by atoms with Gasteiger partial charge in [0.1, 0.15) is 0 Å². The number of hydrogen-bond acceptors (Lipinski definition) is 3. The van der Waals surface area contributed by atoms with E-state index in [2.05, 4.69) is 48.8 Å². The summed E-state index contributed by atoms with van der Waals surface area (Å²) in [4.78, 5) is 2.80. The summed E-state index contributed by atoms with van der Waals surface area (Å²) in [6, 6.07) is 11.5. The van der Waals surface area contributed by atoms with Crippen molar-refractivity contribution in [3.63, 3.8) is 0 Å². The van der Waals surface area contributed by atoms with E-state index in [-0.39, 0.29) is 0 Å². The molecule has 0 radical (unpaired) electrons. The van der Waals surface area contributed by atoms with Gasteiger partial charge in [0, 0.05) is 26.9 Å². The molecule has 112 valence electrons. The molecular formula is C17H20ClNS2. The zero-order valence-electron chi connectivity index (χ0n) is 12.3. The number of fused-ring (bicyclic) bond motifs is 1. The van der Waals surface area contributed by atoms with Crippen LogP contribution in [0.3, 0.4) is 0 Å². The van der Waals surface area contributed by atoms with E-state index in [9.17, 15) is 0 Å². The molecule has 1 aliphatic heterocycles. The van der Waals surface area contributed by atoms with Crippen molar-refractivity contribution in [2.45, 2.75) is 37.2 Å². The predicted molar refractivity (Wildman–Crippen MR) is 94.6 cm³/mol. The van der Waals surface area contributed by atoms with E-state index in [0.29, 0.717) is 18.0 Å². The molecule has 2 heterocycles. The van der Waals surface area contributed by atoms with Crippen molar-refractivity contribution in [2.75, 3.05) is 5.75 Å². The third-order valence-electron chi connectivity index (χ3n) is 3.91. The van der Waals surface area contributed by atoms with Crippen LogP contribution in [0.15, 0.2) is 40.6 Å². The molecule has 1 nitrogen and oxygen atoms in total. The van der Waals surface area contributed by atoms with Gasteiger partial charge in [-0.2, -0.15) is 0 Å². The highest BCUT2D eigenvalue weighted by Gasteiger charge is 2.26. The summed E-state index contributed by atoms with van der Waals surface area (Å²) < 4.78 is 0. The number of rotatable bonds is 4. The molecule has 0 spiro atoms. The van der Waals surface area contributed by atoms with Gasteiger partial charge in [0.25, 0.3) is 0 Å². The normalized spacial score (nSPS) is 19.5. The molecule has 0 aliphatic carbocycles. The first-order chi connectivity index (χ1) is 10.1. The second-order valence-electron chi connectivity index (χ2n) is 5.78. The van der Waals surface area contributed by atoms with Crippen LogP contribution in [-0.2, 0) is 0 Å². The van der Waals surface area contributed by atoms with Crippen LogP contribution in [0, 0.1) is 5.92 Å². The third-order valence-corrected chi connectivity index (χ3v) is 6.22. The van der Waals surface area contributed by atoms with E-state index < -0.39 is 0 Å². The van der Waals surface area contributed by atoms with Gasteiger partial charge >= 0.3 is 0 Å². The van der Waals surface area contributed by atoms with Crippen molar-refractivity contribution in [2.24, 2.45) is 5.92 Å². The van der Waals surface area contributed by atoms with Gasteiger partial charge in [0.2, 0.25) is 0 Å². The van der Waals surface area contributed by atoms with Gasteiger partial charge in [-0.05, 0) is 53.3 Å². The largest absolute Gasteiger partial charge is 0.302 e. The molecule has 1 aromatic carbocycles. The standard InChI is InChI=1S/C17H20ClNS2/c1-11(2)17(16-4-3-8-20-16)19-14-7-9-21-15-6-5-12(18)10-13(14)15/h3-6,8,10-11,14,17,19H,7,9H2,1-2H3. The Morgan fingerprint density at radius 3 is 2.86 bits per heavy atom. The molecule has 4 heteroatoms. The molecule has 1 aliphatic rings. The number of halogens is 1. The van der Waals surface area contributed by atoms with E-state index in [4.69, 9.17) is 11.6 Å². The van der Waals surface area contributed by atoms with Gasteiger partial charge in [-0.25, -0.2) is 0 Å². The van der Waals surface area contributed by atoms with E-state index in [1.807, 2.05) is 29.2 Å². The molecule has 21 heavy (non-hydrogen) atoms. The highest BCUT2D eigenvalue weighted by molar-refractivity contribution is 7.99. The van der Waals surface area contributed by atoms with Crippen molar-refractivity contribution in [1.29, 1.82) is 0 Å². The van der Waals surface area contributed by atoms with Crippen LogP contribution in [0.1, 0.15) is 42.8 Å². The van der Waals surface area contributed by atoms with Crippen LogP contribution in [0.5, 0.6) is 0 Å². The minimum atomic E-state index is 0.398. The lowest BCUT2D eigenvalue weighted by Crippen LogP contribution is -2.31. The maximum absolute atomic E-state index is 6.21. The Bertz CT molecular complexity index is 595. The first-order valence-electron chi connectivity index (χ1n) is 7.37. The molecular weight excluding hydrogens is 318 g/mol. The molecule has 2 atom stereocenters. The van der Waals surface area contributed by atoms with Crippen LogP contribution in [0.4, 0.5) is 0 Å².